The molecule has 0 saturated heterocycles. The Morgan fingerprint density at radius 3 is 2.83 bits per heavy atom. The van der Waals surface area contributed by atoms with Gasteiger partial charge in [0.1, 0.15) is 0 Å². The van der Waals surface area contributed by atoms with Gasteiger partial charge in [0, 0.05) is 10.6 Å². The minimum Gasteiger partial charge on any atom is -0.115 e. The molecule has 1 heteroatoms. The summed E-state index contributed by atoms with van der Waals surface area (Å²) in [6.07, 6.45) is 7.20. The van der Waals surface area contributed by atoms with Gasteiger partial charge in [-0.05, 0) is 24.6 Å². The molecule has 0 spiro atoms. The average molecular weight is 177 g/mol. The monoisotopic (exact) mass is 176 g/mol. The second-order valence-electron chi connectivity index (χ2n) is 2.36. The summed E-state index contributed by atoms with van der Waals surface area (Å²) in [5, 5.41) is 0.710. The average Bonchev–Trinajstić information content (AvgIpc) is 2.07. The van der Waals surface area contributed by atoms with Gasteiger partial charge in [0.05, 0.1) is 0 Å². The van der Waals surface area contributed by atoms with Gasteiger partial charge >= 0.3 is 0 Å². The Bertz CT molecular complexity index is 342. The number of hydrogen-bond acceptors (Lipinski definition) is 0. The summed E-state index contributed by atoms with van der Waals surface area (Å²) in [5.41, 5.74) is 1.87. The van der Waals surface area contributed by atoms with Crippen LogP contribution >= 0.6 is 11.6 Å². The number of halogens is 1. The molecule has 0 aromatic heterocycles. The molecule has 1 aromatic carbocycles. The van der Waals surface area contributed by atoms with Crippen LogP contribution in [0, 0.1) is 12.3 Å². The molecule has 0 nitrogen and oxygen atoms in total. The van der Waals surface area contributed by atoms with E-state index in [2.05, 4.69) is 5.92 Å². The van der Waals surface area contributed by atoms with Crippen LogP contribution in [-0.4, -0.2) is 0 Å². The summed E-state index contributed by atoms with van der Waals surface area (Å²) >= 11 is 5.81. The number of allylic oxidation sites excluding steroid dienone is 2. The number of hydrogen-bond donors (Lipinski definition) is 0. The Balaban J connectivity index is 3.13. The van der Waals surface area contributed by atoms with Crippen molar-refractivity contribution in [3.05, 3.63) is 40.9 Å². The highest BCUT2D eigenvalue weighted by Crippen LogP contribution is 2.17. The predicted octanol–water partition coefficient (Wildman–Crippen LogP) is 3.38. The second kappa shape index (κ2) is 3.99. The van der Waals surface area contributed by atoms with Gasteiger partial charge in [0.15, 0.2) is 0 Å². The van der Waals surface area contributed by atoms with Gasteiger partial charge in [-0.3, -0.25) is 0 Å². The third-order valence-electron chi connectivity index (χ3n) is 1.58. The minimum atomic E-state index is 0.710. The van der Waals surface area contributed by atoms with Crippen LogP contribution in [0.25, 0.3) is 5.57 Å². The highest BCUT2D eigenvalue weighted by Gasteiger charge is 1.96. The number of rotatable bonds is 1. The van der Waals surface area contributed by atoms with E-state index in [1.165, 1.54) is 0 Å². The molecule has 1 aromatic rings. The standard InChI is InChI=1S/C11H9Cl/c1-3-9(4-2)10-6-5-7-11(12)8-10/h1,4-8H,2H3/b9-4+. The van der Waals surface area contributed by atoms with E-state index in [0.717, 1.165) is 11.1 Å². The first-order valence-electron chi connectivity index (χ1n) is 3.67. The van der Waals surface area contributed by atoms with E-state index in [1.807, 2.05) is 37.3 Å². The largest absolute Gasteiger partial charge is 0.115 e. The molecule has 0 fully saturated rings. The lowest BCUT2D eigenvalue weighted by atomic mass is 10.1. The molecular formula is C11H9Cl. The van der Waals surface area contributed by atoms with Crippen molar-refractivity contribution in [1.29, 1.82) is 0 Å². The first-order valence-corrected chi connectivity index (χ1v) is 4.04. The van der Waals surface area contributed by atoms with Gasteiger partial charge < -0.3 is 0 Å². The molecule has 60 valence electrons. The second-order valence-corrected chi connectivity index (χ2v) is 2.79. The molecule has 0 saturated carbocycles. The molecule has 0 amide bonds. The fourth-order valence-electron chi connectivity index (χ4n) is 0.989. The lowest BCUT2D eigenvalue weighted by Crippen LogP contribution is -1.79. The molecule has 0 aliphatic carbocycles. The van der Waals surface area contributed by atoms with E-state index >= 15 is 0 Å². The van der Waals surface area contributed by atoms with E-state index in [0.29, 0.717) is 5.02 Å². The maximum Gasteiger partial charge on any atom is 0.0412 e. The highest BCUT2D eigenvalue weighted by molar-refractivity contribution is 6.30. The van der Waals surface area contributed by atoms with Gasteiger partial charge in [-0.25, -0.2) is 0 Å². The molecule has 0 heterocycles. The zero-order valence-corrected chi connectivity index (χ0v) is 7.60. The van der Waals surface area contributed by atoms with Crippen LogP contribution in [0.3, 0.4) is 0 Å². The summed E-state index contributed by atoms with van der Waals surface area (Å²) in [4.78, 5) is 0. The molecular weight excluding hydrogens is 168 g/mol. The third-order valence-corrected chi connectivity index (χ3v) is 1.81. The van der Waals surface area contributed by atoms with Crippen LogP contribution in [0.5, 0.6) is 0 Å². The maximum absolute atomic E-state index is 5.81. The van der Waals surface area contributed by atoms with E-state index < -0.39 is 0 Å². The maximum atomic E-state index is 5.81. The molecule has 0 atom stereocenters. The fraction of sp³-hybridized carbons (Fsp3) is 0.0909. The molecule has 0 unspecified atom stereocenters. The fourth-order valence-corrected chi connectivity index (χ4v) is 1.18. The molecule has 0 aliphatic heterocycles. The van der Waals surface area contributed by atoms with Crippen molar-refractivity contribution in [3.63, 3.8) is 0 Å². The van der Waals surface area contributed by atoms with Gasteiger partial charge in [0.25, 0.3) is 0 Å². The smallest absolute Gasteiger partial charge is 0.0412 e. The highest BCUT2D eigenvalue weighted by atomic mass is 35.5. The molecule has 12 heavy (non-hydrogen) atoms. The van der Waals surface area contributed by atoms with E-state index in [-0.39, 0.29) is 0 Å². The van der Waals surface area contributed by atoms with Crippen molar-refractivity contribution in [2.45, 2.75) is 6.92 Å². The summed E-state index contributed by atoms with van der Waals surface area (Å²) in [7, 11) is 0. The van der Waals surface area contributed by atoms with Crippen LogP contribution in [0.15, 0.2) is 30.3 Å². The van der Waals surface area contributed by atoms with Crippen molar-refractivity contribution in [3.8, 4) is 12.3 Å². The van der Waals surface area contributed by atoms with Gasteiger partial charge in [-0.1, -0.05) is 35.7 Å². The Hall–Kier alpha value is -1.19. The summed E-state index contributed by atoms with van der Waals surface area (Å²) in [6, 6.07) is 7.52. The zero-order chi connectivity index (χ0) is 8.97. The molecule has 0 aliphatic rings. The summed E-state index contributed by atoms with van der Waals surface area (Å²) in [6.45, 7) is 1.91. The van der Waals surface area contributed by atoms with Crippen molar-refractivity contribution in [2.24, 2.45) is 0 Å². The van der Waals surface area contributed by atoms with Gasteiger partial charge in [0.2, 0.25) is 0 Å². The Labute approximate surface area is 77.9 Å². The lowest BCUT2D eigenvalue weighted by Gasteiger charge is -1.98. The van der Waals surface area contributed by atoms with Crippen molar-refractivity contribution in [2.75, 3.05) is 0 Å². The minimum absolute atomic E-state index is 0.710. The Morgan fingerprint density at radius 2 is 2.33 bits per heavy atom. The topological polar surface area (TPSA) is 0 Å². The molecule has 0 bridgehead atoms. The third kappa shape index (κ3) is 1.90. The van der Waals surface area contributed by atoms with Crippen LogP contribution < -0.4 is 0 Å². The Kier molecular flexibility index (Phi) is 2.96. The Morgan fingerprint density at radius 1 is 1.58 bits per heavy atom. The quantitative estimate of drug-likeness (QED) is 0.576. The van der Waals surface area contributed by atoms with Crippen molar-refractivity contribution >= 4 is 17.2 Å². The van der Waals surface area contributed by atoms with Gasteiger partial charge in [-0.2, -0.15) is 0 Å². The normalized spacial score (nSPS) is 10.9. The lowest BCUT2D eigenvalue weighted by molar-refractivity contribution is 1.61. The summed E-state index contributed by atoms with van der Waals surface area (Å²) in [5.74, 6) is 2.60. The molecule has 0 N–H and O–H groups in total. The van der Waals surface area contributed by atoms with Crippen LogP contribution in [-0.2, 0) is 0 Å². The first-order chi connectivity index (χ1) is 5.77. The number of benzene rings is 1. The van der Waals surface area contributed by atoms with E-state index in [4.69, 9.17) is 18.0 Å². The van der Waals surface area contributed by atoms with Crippen LogP contribution in [0.2, 0.25) is 5.02 Å². The predicted molar refractivity (Wildman–Crippen MR) is 53.9 cm³/mol. The van der Waals surface area contributed by atoms with Crippen molar-refractivity contribution < 1.29 is 0 Å². The van der Waals surface area contributed by atoms with E-state index in [1.54, 1.807) is 0 Å². The zero-order valence-electron chi connectivity index (χ0n) is 6.84. The summed E-state index contributed by atoms with van der Waals surface area (Å²) < 4.78 is 0. The molecule has 1 rings (SSSR count). The van der Waals surface area contributed by atoms with E-state index in [9.17, 15) is 0 Å². The van der Waals surface area contributed by atoms with Gasteiger partial charge in [-0.15, -0.1) is 6.42 Å². The SMILES string of the molecule is C#C/C(=C\C)c1cccc(Cl)c1. The molecule has 0 radical (unpaired) electrons. The number of terminal acetylenes is 1. The van der Waals surface area contributed by atoms with Crippen LogP contribution in [0.4, 0.5) is 0 Å². The van der Waals surface area contributed by atoms with Crippen molar-refractivity contribution in [1.82, 2.24) is 0 Å². The van der Waals surface area contributed by atoms with Crippen LogP contribution in [0.1, 0.15) is 12.5 Å². The first kappa shape index (κ1) is 8.90.